The van der Waals surface area contributed by atoms with E-state index in [-0.39, 0.29) is 6.10 Å². The largest absolute Gasteiger partial charge is 0.392 e. The predicted octanol–water partition coefficient (Wildman–Crippen LogP) is 2.84. The molecule has 1 heterocycles. The standard InChI is InChI=1S/C17H23NO/c1-13-7-8-15-11-18(12-16(9-13)17(15)19)10-14-5-3-2-4-6-14/h2-7,15-17,19H,8-12H2,1H3. The van der Waals surface area contributed by atoms with Crippen LogP contribution in [0, 0.1) is 11.8 Å². The maximum absolute atomic E-state index is 10.4. The summed E-state index contributed by atoms with van der Waals surface area (Å²) in [4.78, 5) is 2.52. The van der Waals surface area contributed by atoms with Crippen molar-refractivity contribution in [3.8, 4) is 0 Å². The van der Waals surface area contributed by atoms with Crippen molar-refractivity contribution >= 4 is 0 Å². The summed E-state index contributed by atoms with van der Waals surface area (Å²) in [6, 6.07) is 10.7. The lowest BCUT2D eigenvalue weighted by Gasteiger charge is -2.40. The first-order valence-corrected chi connectivity index (χ1v) is 7.32. The van der Waals surface area contributed by atoms with Crippen molar-refractivity contribution in [2.24, 2.45) is 11.8 Å². The molecule has 2 bridgehead atoms. The Kier molecular flexibility index (Phi) is 3.72. The lowest BCUT2D eigenvalue weighted by molar-refractivity contribution is -0.0204. The van der Waals surface area contributed by atoms with Gasteiger partial charge in [-0.2, -0.15) is 0 Å². The molecule has 0 radical (unpaired) electrons. The van der Waals surface area contributed by atoms with Gasteiger partial charge in [-0.25, -0.2) is 0 Å². The summed E-state index contributed by atoms with van der Waals surface area (Å²) in [5.41, 5.74) is 2.83. The van der Waals surface area contributed by atoms with E-state index in [1.165, 1.54) is 11.1 Å². The molecular weight excluding hydrogens is 234 g/mol. The average molecular weight is 257 g/mol. The van der Waals surface area contributed by atoms with Crippen LogP contribution in [0.2, 0.25) is 0 Å². The topological polar surface area (TPSA) is 23.5 Å². The van der Waals surface area contributed by atoms with Crippen molar-refractivity contribution in [2.75, 3.05) is 13.1 Å². The number of likely N-dealkylation sites (tertiary alicyclic amines) is 1. The highest BCUT2D eigenvalue weighted by Crippen LogP contribution is 2.33. The van der Waals surface area contributed by atoms with Gasteiger partial charge in [0.15, 0.2) is 0 Å². The van der Waals surface area contributed by atoms with E-state index in [4.69, 9.17) is 0 Å². The Balaban J connectivity index is 1.71. The molecule has 2 aliphatic rings. The van der Waals surface area contributed by atoms with Crippen LogP contribution < -0.4 is 0 Å². The first-order valence-electron chi connectivity index (χ1n) is 7.32. The molecule has 1 saturated heterocycles. The Morgan fingerprint density at radius 1 is 1.16 bits per heavy atom. The molecule has 1 aliphatic heterocycles. The molecule has 0 spiro atoms. The van der Waals surface area contributed by atoms with Gasteiger partial charge in [0, 0.05) is 31.5 Å². The Hall–Kier alpha value is -1.12. The van der Waals surface area contributed by atoms with Gasteiger partial charge in [0.25, 0.3) is 0 Å². The third-order valence-corrected chi connectivity index (χ3v) is 4.55. The second kappa shape index (κ2) is 5.48. The zero-order valence-corrected chi connectivity index (χ0v) is 11.6. The van der Waals surface area contributed by atoms with Gasteiger partial charge in [-0.05, 0) is 25.3 Å². The fraction of sp³-hybridized carbons (Fsp3) is 0.529. The lowest BCUT2D eigenvalue weighted by atomic mass is 9.84. The van der Waals surface area contributed by atoms with Crippen LogP contribution in [0.4, 0.5) is 0 Å². The van der Waals surface area contributed by atoms with E-state index >= 15 is 0 Å². The van der Waals surface area contributed by atoms with Crippen molar-refractivity contribution in [1.82, 2.24) is 4.90 Å². The summed E-state index contributed by atoms with van der Waals surface area (Å²) in [5, 5.41) is 10.4. The second-order valence-electron chi connectivity index (χ2n) is 6.18. The Morgan fingerprint density at radius 2 is 1.89 bits per heavy atom. The molecule has 2 nitrogen and oxygen atoms in total. The SMILES string of the molecule is CC1=CCC2CN(Cc3ccccc3)CC(C1)C2O. The van der Waals surface area contributed by atoms with Crippen LogP contribution >= 0.6 is 0 Å². The van der Waals surface area contributed by atoms with Gasteiger partial charge < -0.3 is 5.11 Å². The number of piperidine rings is 1. The van der Waals surface area contributed by atoms with Crippen LogP contribution in [0.15, 0.2) is 42.0 Å². The summed E-state index contributed by atoms with van der Waals surface area (Å²) < 4.78 is 0. The van der Waals surface area contributed by atoms with E-state index in [2.05, 4.69) is 48.2 Å². The molecule has 1 aromatic carbocycles. The summed E-state index contributed by atoms with van der Waals surface area (Å²) in [6.07, 6.45) is 4.32. The summed E-state index contributed by atoms with van der Waals surface area (Å²) >= 11 is 0. The van der Waals surface area contributed by atoms with Gasteiger partial charge in [0.05, 0.1) is 6.10 Å². The molecule has 0 saturated carbocycles. The first kappa shape index (κ1) is 12.9. The van der Waals surface area contributed by atoms with Crippen molar-refractivity contribution in [3.63, 3.8) is 0 Å². The van der Waals surface area contributed by atoms with Crippen LogP contribution in [0.1, 0.15) is 25.3 Å². The molecular formula is C17H23NO. The molecule has 0 aromatic heterocycles. The van der Waals surface area contributed by atoms with Gasteiger partial charge in [-0.15, -0.1) is 0 Å². The molecule has 102 valence electrons. The number of aliphatic hydroxyl groups is 1. The van der Waals surface area contributed by atoms with E-state index in [9.17, 15) is 5.11 Å². The third-order valence-electron chi connectivity index (χ3n) is 4.55. The van der Waals surface area contributed by atoms with Gasteiger partial charge in [-0.1, -0.05) is 42.0 Å². The minimum atomic E-state index is -0.110. The van der Waals surface area contributed by atoms with Crippen LogP contribution in [-0.4, -0.2) is 29.2 Å². The van der Waals surface area contributed by atoms with Crippen LogP contribution in [0.3, 0.4) is 0 Å². The summed E-state index contributed by atoms with van der Waals surface area (Å²) in [5.74, 6) is 0.834. The molecule has 3 unspecified atom stereocenters. The monoisotopic (exact) mass is 257 g/mol. The van der Waals surface area contributed by atoms with Crippen molar-refractivity contribution in [3.05, 3.63) is 47.5 Å². The number of benzene rings is 1. The molecule has 2 heteroatoms. The Morgan fingerprint density at radius 3 is 2.68 bits per heavy atom. The summed E-state index contributed by atoms with van der Waals surface area (Å²) in [6.45, 7) is 5.27. The number of rotatable bonds is 2. The van der Waals surface area contributed by atoms with E-state index < -0.39 is 0 Å². The fourth-order valence-corrected chi connectivity index (χ4v) is 3.56. The second-order valence-corrected chi connectivity index (χ2v) is 6.18. The van der Waals surface area contributed by atoms with E-state index in [0.29, 0.717) is 11.8 Å². The van der Waals surface area contributed by atoms with Crippen molar-refractivity contribution < 1.29 is 5.11 Å². The first-order chi connectivity index (χ1) is 9.22. The van der Waals surface area contributed by atoms with E-state index in [1.807, 2.05) is 0 Å². The number of hydrogen-bond acceptors (Lipinski definition) is 2. The number of nitrogens with zero attached hydrogens (tertiary/aromatic N) is 1. The van der Waals surface area contributed by atoms with Gasteiger partial charge in [-0.3, -0.25) is 4.90 Å². The zero-order valence-electron chi connectivity index (χ0n) is 11.6. The maximum Gasteiger partial charge on any atom is 0.0627 e. The number of aliphatic hydroxyl groups excluding tert-OH is 1. The summed E-state index contributed by atoms with van der Waals surface area (Å²) in [7, 11) is 0. The highest BCUT2D eigenvalue weighted by molar-refractivity contribution is 5.15. The predicted molar refractivity (Wildman–Crippen MR) is 77.7 cm³/mol. The molecule has 1 aliphatic carbocycles. The molecule has 0 amide bonds. The quantitative estimate of drug-likeness (QED) is 0.824. The van der Waals surface area contributed by atoms with Crippen LogP contribution in [0.25, 0.3) is 0 Å². The Labute approximate surface area is 115 Å². The number of fused-ring (bicyclic) bond motifs is 2. The molecule has 3 atom stereocenters. The average Bonchev–Trinajstić information content (AvgIpc) is 2.49. The van der Waals surface area contributed by atoms with E-state index in [0.717, 1.165) is 32.5 Å². The fourth-order valence-electron chi connectivity index (χ4n) is 3.56. The normalized spacial score (nSPS) is 31.7. The van der Waals surface area contributed by atoms with Crippen molar-refractivity contribution in [1.29, 1.82) is 0 Å². The molecule has 1 N–H and O–H groups in total. The highest BCUT2D eigenvalue weighted by atomic mass is 16.3. The molecule has 3 rings (SSSR count). The minimum absolute atomic E-state index is 0.110. The third kappa shape index (κ3) is 2.90. The number of allylic oxidation sites excluding steroid dienone is 2. The molecule has 1 fully saturated rings. The lowest BCUT2D eigenvalue weighted by Crippen LogP contribution is -2.48. The smallest absolute Gasteiger partial charge is 0.0627 e. The van der Waals surface area contributed by atoms with Crippen LogP contribution in [-0.2, 0) is 6.54 Å². The van der Waals surface area contributed by atoms with Crippen molar-refractivity contribution in [2.45, 2.75) is 32.4 Å². The van der Waals surface area contributed by atoms with E-state index in [1.54, 1.807) is 0 Å². The Bertz CT molecular complexity index is 454. The maximum atomic E-state index is 10.4. The number of hydrogen-bond donors (Lipinski definition) is 1. The van der Waals surface area contributed by atoms with Gasteiger partial charge in [0.2, 0.25) is 0 Å². The highest BCUT2D eigenvalue weighted by Gasteiger charge is 2.36. The molecule has 19 heavy (non-hydrogen) atoms. The van der Waals surface area contributed by atoms with Gasteiger partial charge in [0.1, 0.15) is 0 Å². The zero-order chi connectivity index (χ0) is 13.2. The van der Waals surface area contributed by atoms with Gasteiger partial charge >= 0.3 is 0 Å². The minimum Gasteiger partial charge on any atom is -0.392 e. The molecule has 1 aromatic rings. The van der Waals surface area contributed by atoms with Crippen LogP contribution in [0.5, 0.6) is 0 Å².